The zero-order chi connectivity index (χ0) is 16.0. The highest BCUT2D eigenvalue weighted by molar-refractivity contribution is 5.77. The molecule has 0 fully saturated rings. The number of hydrogen-bond acceptors (Lipinski definition) is 5. The van der Waals surface area contributed by atoms with Crippen molar-refractivity contribution in [3.63, 3.8) is 0 Å². The molecule has 0 saturated heterocycles. The van der Waals surface area contributed by atoms with Crippen LogP contribution in [0.15, 0.2) is 35.5 Å². The van der Waals surface area contributed by atoms with Crippen molar-refractivity contribution in [3.8, 4) is 5.95 Å². The van der Waals surface area contributed by atoms with Gasteiger partial charge in [-0.25, -0.2) is 14.2 Å². The second kappa shape index (κ2) is 5.01. The Balaban J connectivity index is 2.15. The van der Waals surface area contributed by atoms with Crippen molar-refractivity contribution in [1.29, 1.82) is 0 Å². The van der Waals surface area contributed by atoms with Gasteiger partial charge in [0.1, 0.15) is 11.0 Å². The summed E-state index contributed by atoms with van der Waals surface area (Å²) in [6, 6.07) is 3.48. The summed E-state index contributed by atoms with van der Waals surface area (Å²) in [4.78, 5) is 24.3. The van der Waals surface area contributed by atoms with Crippen LogP contribution in [0.4, 0.5) is 0 Å². The molecule has 0 aliphatic rings. The third-order valence-corrected chi connectivity index (χ3v) is 4.01. The lowest BCUT2D eigenvalue weighted by Gasteiger charge is -2.13. The minimum Gasteiger partial charge on any atom is -0.316 e. The molecular formula is C15H15N7O. The first kappa shape index (κ1) is 13.6. The molecule has 0 aromatic carbocycles. The molecule has 23 heavy (non-hydrogen) atoms. The third-order valence-electron chi connectivity index (χ3n) is 4.01. The Bertz CT molecular complexity index is 1050. The van der Waals surface area contributed by atoms with Crippen molar-refractivity contribution < 1.29 is 0 Å². The van der Waals surface area contributed by atoms with Crippen LogP contribution in [0.2, 0.25) is 0 Å². The number of aromatic amines is 1. The SMILES string of the molecule is CCC(C)c1nc(-n2cccn2)nc2c1[nH]c(=O)c1ccnn12. The maximum Gasteiger partial charge on any atom is 0.274 e. The number of hydrogen-bond donors (Lipinski definition) is 1. The van der Waals surface area contributed by atoms with E-state index in [0.29, 0.717) is 22.6 Å². The van der Waals surface area contributed by atoms with Crippen LogP contribution in [0.5, 0.6) is 0 Å². The van der Waals surface area contributed by atoms with E-state index in [9.17, 15) is 4.79 Å². The van der Waals surface area contributed by atoms with Crippen molar-refractivity contribution in [1.82, 2.24) is 34.3 Å². The van der Waals surface area contributed by atoms with Gasteiger partial charge in [0.15, 0.2) is 5.65 Å². The van der Waals surface area contributed by atoms with Crippen molar-refractivity contribution in [2.45, 2.75) is 26.2 Å². The lowest BCUT2D eigenvalue weighted by molar-refractivity contribution is 0.694. The molecule has 8 heteroatoms. The fraction of sp³-hybridized carbons (Fsp3) is 0.267. The van der Waals surface area contributed by atoms with Gasteiger partial charge in [0, 0.05) is 18.3 Å². The van der Waals surface area contributed by atoms with Gasteiger partial charge in [-0.05, 0) is 18.6 Å². The average Bonchev–Trinajstić information content (AvgIpc) is 3.25. The fourth-order valence-corrected chi connectivity index (χ4v) is 2.59. The summed E-state index contributed by atoms with van der Waals surface area (Å²) < 4.78 is 3.15. The molecule has 4 rings (SSSR count). The minimum absolute atomic E-state index is 0.165. The van der Waals surface area contributed by atoms with Crippen LogP contribution in [0.1, 0.15) is 31.9 Å². The highest BCUT2D eigenvalue weighted by Gasteiger charge is 2.18. The summed E-state index contributed by atoms with van der Waals surface area (Å²) in [5.41, 5.74) is 2.24. The topological polar surface area (TPSA) is 93.8 Å². The zero-order valence-corrected chi connectivity index (χ0v) is 12.8. The smallest absolute Gasteiger partial charge is 0.274 e. The number of H-pyrrole nitrogens is 1. The van der Waals surface area contributed by atoms with E-state index in [2.05, 4.69) is 39.0 Å². The molecule has 1 unspecified atom stereocenters. The summed E-state index contributed by atoms with van der Waals surface area (Å²) in [5.74, 6) is 0.625. The van der Waals surface area contributed by atoms with Gasteiger partial charge in [-0.15, -0.1) is 0 Å². The van der Waals surface area contributed by atoms with Crippen LogP contribution in [0, 0.1) is 0 Å². The average molecular weight is 309 g/mol. The van der Waals surface area contributed by atoms with Gasteiger partial charge in [-0.3, -0.25) is 4.79 Å². The first-order valence-corrected chi connectivity index (χ1v) is 7.46. The number of fused-ring (bicyclic) bond motifs is 3. The molecule has 4 aromatic rings. The quantitative estimate of drug-likeness (QED) is 0.621. The molecule has 4 aromatic heterocycles. The van der Waals surface area contributed by atoms with Gasteiger partial charge in [-0.2, -0.15) is 15.2 Å². The summed E-state index contributed by atoms with van der Waals surface area (Å²) in [6.45, 7) is 4.15. The normalized spacial score (nSPS) is 13.0. The molecule has 0 saturated carbocycles. The molecule has 0 aliphatic heterocycles. The molecule has 1 N–H and O–H groups in total. The predicted molar refractivity (Wildman–Crippen MR) is 84.7 cm³/mol. The first-order valence-electron chi connectivity index (χ1n) is 7.46. The van der Waals surface area contributed by atoms with E-state index in [1.807, 2.05) is 6.07 Å². The Kier molecular flexibility index (Phi) is 2.97. The van der Waals surface area contributed by atoms with E-state index in [0.717, 1.165) is 12.1 Å². The Labute approximate surface area is 130 Å². The predicted octanol–water partition coefficient (Wildman–Crippen LogP) is 1.66. The van der Waals surface area contributed by atoms with Crippen LogP contribution in [0.25, 0.3) is 22.6 Å². The molecule has 0 bridgehead atoms. The van der Waals surface area contributed by atoms with E-state index in [-0.39, 0.29) is 11.5 Å². The maximum atomic E-state index is 12.2. The number of aromatic nitrogens is 7. The van der Waals surface area contributed by atoms with E-state index < -0.39 is 0 Å². The standard InChI is InChI=1S/C15H15N7O/c1-3-9(2)11-12-13(20-15(19-11)21-8-4-6-16-21)22-10(5-7-17-22)14(23)18-12/h4-9H,3H2,1-2H3,(H,18,23). The first-order chi connectivity index (χ1) is 11.2. The summed E-state index contributed by atoms with van der Waals surface area (Å²) in [6.07, 6.45) is 5.94. The van der Waals surface area contributed by atoms with Crippen LogP contribution in [0.3, 0.4) is 0 Å². The number of rotatable bonds is 3. The van der Waals surface area contributed by atoms with Gasteiger partial charge in [-0.1, -0.05) is 13.8 Å². The molecule has 0 radical (unpaired) electrons. The molecular weight excluding hydrogens is 294 g/mol. The second-order valence-corrected chi connectivity index (χ2v) is 5.45. The minimum atomic E-state index is -0.199. The lowest BCUT2D eigenvalue weighted by Crippen LogP contribution is -2.16. The molecule has 4 heterocycles. The second-order valence-electron chi connectivity index (χ2n) is 5.45. The van der Waals surface area contributed by atoms with Gasteiger partial charge < -0.3 is 4.98 Å². The summed E-state index contributed by atoms with van der Waals surface area (Å²) in [7, 11) is 0. The molecule has 0 aliphatic carbocycles. The van der Waals surface area contributed by atoms with Crippen LogP contribution in [-0.4, -0.2) is 34.3 Å². The largest absolute Gasteiger partial charge is 0.316 e. The van der Waals surface area contributed by atoms with Crippen molar-refractivity contribution >= 4 is 16.7 Å². The summed E-state index contributed by atoms with van der Waals surface area (Å²) in [5, 5.41) is 8.43. The molecule has 1 atom stereocenters. The Morgan fingerprint density at radius 1 is 1.26 bits per heavy atom. The molecule has 8 nitrogen and oxygen atoms in total. The van der Waals surface area contributed by atoms with Crippen LogP contribution >= 0.6 is 0 Å². The van der Waals surface area contributed by atoms with Crippen LogP contribution < -0.4 is 5.56 Å². The van der Waals surface area contributed by atoms with Gasteiger partial charge in [0.2, 0.25) is 0 Å². The number of nitrogens with zero attached hydrogens (tertiary/aromatic N) is 6. The zero-order valence-electron chi connectivity index (χ0n) is 12.8. The van der Waals surface area contributed by atoms with Crippen molar-refractivity contribution in [2.75, 3.05) is 0 Å². The highest BCUT2D eigenvalue weighted by Crippen LogP contribution is 2.24. The lowest BCUT2D eigenvalue weighted by atomic mass is 10.0. The van der Waals surface area contributed by atoms with E-state index in [4.69, 9.17) is 0 Å². The maximum absolute atomic E-state index is 12.2. The molecule has 0 spiro atoms. The van der Waals surface area contributed by atoms with Gasteiger partial charge >= 0.3 is 0 Å². The highest BCUT2D eigenvalue weighted by atomic mass is 16.1. The monoisotopic (exact) mass is 309 g/mol. The van der Waals surface area contributed by atoms with Crippen molar-refractivity contribution in [2.24, 2.45) is 0 Å². The fourth-order valence-electron chi connectivity index (χ4n) is 2.59. The Morgan fingerprint density at radius 3 is 2.87 bits per heavy atom. The van der Waals surface area contributed by atoms with E-state index >= 15 is 0 Å². The van der Waals surface area contributed by atoms with E-state index in [1.165, 1.54) is 0 Å². The molecule has 116 valence electrons. The summed E-state index contributed by atoms with van der Waals surface area (Å²) >= 11 is 0. The Morgan fingerprint density at radius 2 is 2.13 bits per heavy atom. The molecule has 0 amide bonds. The number of nitrogens with one attached hydrogen (secondary N) is 1. The van der Waals surface area contributed by atoms with Crippen molar-refractivity contribution in [3.05, 3.63) is 46.8 Å². The van der Waals surface area contributed by atoms with Gasteiger partial charge in [0.05, 0.1) is 11.9 Å². The van der Waals surface area contributed by atoms with Crippen LogP contribution in [-0.2, 0) is 0 Å². The van der Waals surface area contributed by atoms with E-state index in [1.54, 1.807) is 33.9 Å². The Hall–Kier alpha value is -3.03. The van der Waals surface area contributed by atoms with Gasteiger partial charge in [0.25, 0.3) is 11.5 Å². The third kappa shape index (κ3) is 2.02.